The van der Waals surface area contributed by atoms with Gasteiger partial charge in [0.25, 0.3) is 0 Å². The van der Waals surface area contributed by atoms with Crippen LogP contribution in [0.3, 0.4) is 0 Å². The minimum atomic E-state index is -1.65. The van der Waals surface area contributed by atoms with Gasteiger partial charge in [0.05, 0.1) is 12.2 Å². The third kappa shape index (κ3) is 25.5. The first kappa shape index (κ1) is 68.5. The van der Waals surface area contributed by atoms with E-state index in [1.807, 2.05) is 0 Å². The van der Waals surface area contributed by atoms with E-state index in [4.69, 9.17) is 22.9 Å². The highest BCUT2D eigenvalue weighted by Gasteiger charge is 2.37. The number of aliphatic hydroxyl groups excluding tert-OH is 2. The van der Waals surface area contributed by atoms with Crippen LogP contribution >= 0.6 is 0 Å². The third-order valence-electron chi connectivity index (χ3n) is 12.8. The average Bonchev–Trinajstić information content (AvgIpc) is 3.34. The predicted molar refractivity (Wildman–Crippen MR) is 285 cm³/mol. The Morgan fingerprint density at radius 1 is 0.566 bits per heavy atom. The highest BCUT2D eigenvalue weighted by molar-refractivity contribution is 5.98. The van der Waals surface area contributed by atoms with Crippen molar-refractivity contribution in [3.63, 3.8) is 0 Å². The van der Waals surface area contributed by atoms with Crippen LogP contribution in [0.5, 0.6) is 0 Å². The van der Waals surface area contributed by atoms with Crippen LogP contribution in [-0.4, -0.2) is 169 Å². The number of unbranched alkanes of at least 4 members (excludes halogenated alkanes) is 2. The molecule has 1 rings (SSSR count). The van der Waals surface area contributed by atoms with E-state index in [1.165, 1.54) is 13.8 Å². The molecule has 1 fully saturated rings. The van der Waals surface area contributed by atoms with Gasteiger partial charge in [-0.25, -0.2) is 0 Å². The Balaban J connectivity index is 3.79. The Hall–Kier alpha value is -5.54. The molecule has 0 aromatic rings. The van der Waals surface area contributed by atoms with Gasteiger partial charge in [-0.05, 0) is 109 Å². The molecule has 0 aromatic heterocycles. The number of hydrogen-bond donors (Lipinski definition) is 16. The fraction of sp³-hybridized carbons (Fsp3) is 0.800. The molecule has 10 amide bonds. The molecule has 0 bridgehead atoms. The third-order valence-corrected chi connectivity index (χ3v) is 12.8. The van der Waals surface area contributed by atoms with Crippen LogP contribution in [0.2, 0.25) is 0 Å². The first-order chi connectivity index (χ1) is 35.8. The second-order valence-electron chi connectivity index (χ2n) is 20.7. The van der Waals surface area contributed by atoms with Crippen LogP contribution in [0.15, 0.2) is 0 Å². The minimum absolute atomic E-state index is 0.0673. The lowest BCUT2D eigenvalue weighted by atomic mass is 9.99. The molecule has 12 atom stereocenters. The molecule has 1 aliphatic heterocycles. The van der Waals surface area contributed by atoms with Gasteiger partial charge in [0.1, 0.15) is 54.4 Å². The van der Waals surface area contributed by atoms with Crippen molar-refractivity contribution in [2.45, 2.75) is 205 Å². The lowest BCUT2D eigenvalue weighted by Gasteiger charge is -2.29. The van der Waals surface area contributed by atoms with Gasteiger partial charge in [0.15, 0.2) is 0 Å². The molecule has 0 aliphatic carbocycles. The fourth-order valence-electron chi connectivity index (χ4n) is 8.23. The summed E-state index contributed by atoms with van der Waals surface area (Å²) in [5.41, 5.74) is 23.4. The van der Waals surface area contributed by atoms with E-state index in [9.17, 15) is 58.2 Å². The zero-order valence-corrected chi connectivity index (χ0v) is 46.1. The maximum atomic E-state index is 14.3. The average molecular weight is 1080 g/mol. The molecule has 0 radical (unpaired) electrons. The van der Waals surface area contributed by atoms with Crippen LogP contribution in [0.4, 0.5) is 0 Å². The largest absolute Gasteiger partial charge is 0.391 e. The number of amides is 10. The predicted octanol–water partition coefficient (Wildman–Crippen LogP) is -3.88. The Morgan fingerprint density at radius 2 is 1.03 bits per heavy atom. The molecule has 1 aliphatic rings. The van der Waals surface area contributed by atoms with Gasteiger partial charge in [-0.15, -0.1) is 0 Å². The molecule has 26 nitrogen and oxygen atoms in total. The maximum Gasteiger partial charge on any atom is 0.245 e. The summed E-state index contributed by atoms with van der Waals surface area (Å²) in [6.07, 6.45) is 0.644. The number of rotatable bonds is 26. The SMILES string of the molecule is CCC(C)CCCCCC(=O)N[C@H](C(=O)N[C@@H](CCN)C(=O)N[C@H]1CCNC(=O)[C@H]([C@@H](C)O)NC(=O)[C@H](CCN)NC(=O)[C@H](CCN)NC(=O)[C@H](CC(C)C)NC(=O)[C@@H](CC(C)C)NC(=O)[C@H](CCN)NC1=O)[C@@H](C)O. The highest BCUT2D eigenvalue weighted by atomic mass is 16.3. The summed E-state index contributed by atoms with van der Waals surface area (Å²) in [5, 5.41) is 46.9. The van der Waals surface area contributed by atoms with Crippen molar-refractivity contribution in [3.8, 4) is 0 Å². The van der Waals surface area contributed by atoms with Crippen molar-refractivity contribution >= 4 is 59.1 Å². The van der Waals surface area contributed by atoms with Gasteiger partial charge >= 0.3 is 0 Å². The maximum absolute atomic E-state index is 14.3. The molecule has 1 unspecified atom stereocenters. The van der Waals surface area contributed by atoms with Gasteiger partial charge in [0, 0.05) is 13.0 Å². The molecular formula is C50H94N14O12. The summed E-state index contributed by atoms with van der Waals surface area (Å²) in [6, 6.07) is -12.8. The molecule has 0 aromatic carbocycles. The van der Waals surface area contributed by atoms with Gasteiger partial charge in [-0.2, -0.15) is 0 Å². The molecule has 20 N–H and O–H groups in total. The first-order valence-electron chi connectivity index (χ1n) is 27.0. The highest BCUT2D eigenvalue weighted by Crippen LogP contribution is 2.14. The van der Waals surface area contributed by atoms with Crippen LogP contribution < -0.4 is 76.1 Å². The van der Waals surface area contributed by atoms with Crippen LogP contribution in [0, 0.1) is 17.8 Å². The minimum Gasteiger partial charge on any atom is -0.391 e. The Bertz CT molecular complexity index is 1870. The van der Waals surface area contributed by atoms with Crippen molar-refractivity contribution in [2.24, 2.45) is 40.7 Å². The summed E-state index contributed by atoms with van der Waals surface area (Å²) in [4.78, 5) is 138. The van der Waals surface area contributed by atoms with Crippen LogP contribution in [0.25, 0.3) is 0 Å². The standard InChI is InChI=1S/C50H94N14O12/c1-9-29(6)13-11-10-12-14-39(67)63-41(31(8)66)50(76)60-34(17-22-53)43(69)59-36-19-24-55-49(75)40(30(7)65)64-46(72)35(18-23-54)57-42(68)32(15-20-51)58-47(73)37(25-27(2)3)62-48(74)38(26-28(4)5)61-44(70)33(16-21-52)56-45(36)71/h27-38,40-41,65-66H,9-26,51-54H2,1-8H3,(H,55,75)(H,56,71)(H,57,68)(H,58,73)(H,59,69)(H,60,76)(H,61,70)(H,62,74)(H,63,67)(H,64,72)/t29?,30-,31-,32+,33+,34+,35+,36+,37+,38-,40+,41+/m1/s1. The topological polar surface area (TPSA) is 436 Å². The lowest BCUT2D eigenvalue weighted by Crippen LogP contribution is -2.61. The van der Waals surface area contributed by atoms with E-state index in [2.05, 4.69) is 67.0 Å². The zero-order chi connectivity index (χ0) is 57.7. The van der Waals surface area contributed by atoms with Crippen molar-refractivity contribution in [1.29, 1.82) is 0 Å². The Kier molecular flexibility index (Phi) is 32.9. The summed E-state index contributed by atoms with van der Waals surface area (Å²) in [6.45, 7) is 13.0. The number of carbonyl (C=O) groups is 10. The Morgan fingerprint density at radius 3 is 1.46 bits per heavy atom. The number of carbonyl (C=O) groups excluding carboxylic acids is 10. The normalized spacial score (nSPS) is 24.0. The second-order valence-corrected chi connectivity index (χ2v) is 20.7. The number of nitrogens with two attached hydrogens (primary N) is 4. The quantitative estimate of drug-likeness (QED) is 0.0369. The smallest absolute Gasteiger partial charge is 0.245 e. The van der Waals surface area contributed by atoms with Crippen LogP contribution in [0.1, 0.15) is 139 Å². The molecule has 26 heteroatoms. The molecular weight excluding hydrogens is 989 g/mol. The second kappa shape index (κ2) is 36.5. The summed E-state index contributed by atoms with van der Waals surface area (Å²) in [5.74, 6) is -8.25. The summed E-state index contributed by atoms with van der Waals surface area (Å²) >= 11 is 0. The molecule has 76 heavy (non-hydrogen) atoms. The van der Waals surface area contributed by atoms with Crippen molar-refractivity contribution in [1.82, 2.24) is 53.2 Å². The van der Waals surface area contributed by atoms with Crippen molar-refractivity contribution < 1.29 is 58.2 Å². The molecule has 1 heterocycles. The summed E-state index contributed by atoms with van der Waals surface area (Å²) < 4.78 is 0. The molecule has 0 saturated carbocycles. The number of hydrogen-bond acceptors (Lipinski definition) is 16. The number of aliphatic hydroxyl groups is 2. The van der Waals surface area contributed by atoms with E-state index >= 15 is 0 Å². The fourth-order valence-corrected chi connectivity index (χ4v) is 8.23. The van der Waals surface area contributed by atoms with E-state index < -0.39 is 139 Å². The first-order valence-corrected chi connectivity index (χ1v) is 27.0. The van der Waals surface area contributed by atoms with Crippen LogP contribution in [-0.2, 0) is 47.9 Å². The number of nitrogens with one attached hydrogen (secondary N) is 10. The molecule has 1 saturated heterocycles. The van der Waals surface area contributed by atoms with Gasteiger partial charge in [-0.1, -0.05) is 67.2 Å². The lowest BCUT2D eigenvalue weighted by molar-refractivity contribution is -0.136. The van der Waals surface area contributed by atoms with E-state index in [0.29, 0.717) is 12.3 Å². The zero-order valence-electron chi connectivity index (χ0n) is 46.1. The summed E-state index contributed by atoms with van der Waals surface area (Å²) in [7, 11) is 0. The molecule has 436 valence electrons. The van der Waals surface area contributed by atoms with E-state index in [1.54, 1.807) is 27.7 Å². The van der Waals surface area contributed by atoms with Crippen molar-refractivity contribution in [3.05, 3.63) is 0 Å². The van der Waals surface area contributed by atoms with Crippen molar-refractivity contribution in [2.75, 3.05) is 32.7 Å². The van der Waals surface area contributed by atoms with E-state index in [-0.39, 0.29) is 83.0 Å². The monoisotopic (exact) mass is 1080 g/mol. The van der Waals surface area contributed by atoms with E-state index in [0.717, 1.165) is 25.7 Å². The van der Waals surface area contributed by atoms with Gasteiger partial charge < -0.3 is 86.3 Å². The molecule has 0 spiro atoms. The Labute approximate surface area is 448 Å². The van der Waals surface area contributed by atoms with Gasteiger partial charge in [-0.3, -0.25) is 47.9 Å². The van der Waals surface area contributed by atoms with Gasteiger partial charge in [0.2, 0.25) is 59.1 Å².